The fourth-order valence-corrected chi connectivity index (χ4v) is 4.25. The Kier molecular flexibility index (Phi) is 6.24. The van der Waals surface area contributed by atoms with Crippen molar-refractivity contribution in [3.8, 4) is 0 Å². The summed E-state index contributed by atoms with van der Waals surface area (Å²) in [5, 5.41) is 0.0791. The highest BCUT2D eigenvalue weighted by Gasteiger charge is 2.37. The van der Waals surface area contributed by atoms with Crippen LogP contribution >= 0.6 is 23.8 Å². The minimum Gasteiger partial charge on any atom is -0.462 e. The molecule has 0 saturated heterocycles. The summed E-state index contributed by atoms with van der Waals surface area (Å²) in [5.41, 5.74) is 2.47. The third-order valence-corrected chi connectivity index (χ3v) is 6.08. The van der Waals surface area contributed by atoms with Gasteiger partial charge in [0, 0.05) is 21.7 Å². The Hall–Kier alpha value is -2.05. The average molecular weight is 436 g/mol. The number of carbonyl (C=O) groups is 2. The fourth-order valence-electron chi connectivity index (χ4n) is 3.68. The van der Waals surface area contributed by atoms with Crippen LogP contribution in [-0.2, 0) is 14.3 Å². The molecule has 1 unspecified atom stereocenters. The first-order valence-corrected chi connectivity index (χ1v) is 10.4. The van der Waals surface area contributed by atoms with E-state index in [2.05, 4.69) is 6.58 Å². The number of allylic oxidation sites excluding steroid dienone is 1. The molecule has 1 amide bonds. The smallest absolute Gasteiger partial charge is 0.314 e. The molecule has 1 aliphatic carbocycles. The predicted molar refractivity (Wildman–Crippen MR) is 116 cm³/mol. The van der Waals surface area contributed by atoms with Crippen LogP contribution in [0.25, 0.3) is 0 Å². The lowest BCUT2D eigenvalue weighted by Gasteiger charge is -2.22. The van der Waals surface area contributed by atoms with Gasteiger partial charge in [-0.15, -0.1) is 0 Å². The molecule has 2 aliphatic rings. The number of nitrogens with zero attached hydrogens (tertiary/aromatic N) is 1. The number of hydrogen-bond acceptors (Lipinski definition) is 4. The lowest BCUT2D eigenvalue weighted by molar-refractivity contribution is -0.149. The van der Waals surface area contributed by atoms with Crippen molar-refractivity contribution in [1.82, 2.24) is 0 Å². The van der Waals surface area contributed by atoms with Crippen LogP contribution in [0.3, 0.4) is 0 Å². The quantitative estimate of drug-likeness (QED) is 0.347. The first-order valence-electron chi connectivity index (χ1n) is 9.63. The SMILES string of the molecule is C=C1C2=C(CCCC2)C(=O)N1c1cc(C(=S)C(C)C(=O)OC(C)C)c(Cl)cc1F. The van der Waals surface area contributed by atoms with E-state index >= 15 is 0 Å². The second-order valence-corrected chi connectivity index (χ2v) is 8.45. The number of amides is 1. The van der Waals surface area contributed by atoms with E-state index in [1.807, 2.05) is 0 Å². The number of esters is 1. The zero-order valence-electron chi connectivity index (χ0n) is 16.7. The molecule has 0 N–H and O–H groups in total. The number of benzene rings is 1. The second kappa shape index (κ2) is 8.36. The number of halogens is 2. The van der Waals surface area contributed by atoms with Crippen LogP contribution in [0.15, 0.2) is 35.6 Å². The third-order valence-electron chi connectivity index (χ3n) is 5.19. The number of ether oxygens (including phenoxy) is 1. The van der Waals surface area contributed by atoms with Gasteiger partial charge in [-0.05, 0) is 64.2 Å². The summed E-state index contributed by atoms with van der Waals surface area (Å²) >= 11 is 11.7. The summed E-state index contributed by atoms with van der Waals surface area (Å²) in [6, 6.07) is 2.55. The van der Waals surface area contributed by atoms with Crippen molar-refractivity contribution in [2.75, 3.05) is 4.90 Å². The van der Waals surface area contributed by atoms with Crippen LogP contribution in [0.2, 0.25) is 5.02 Å². The Labute approximate surface area is 180 Å². The Balaban J connectivity index is 1.97. The largest absolute Gasteiger partial charge is 0.462 e. The topological polar surface area (TPSA) is 46.6 Å². The maximum absolute atomic E-state index is 14.8. The van der Waals surface area contributed by atoms with Crippen molar-refractivity contribution < 1.29 is 18.7 Å². The van der Waals surface area contributed by atoms with E-state index in [1.54, 1.807) is 20.8 Å². The van der Waals surface area contributed by atoms with E-state index in [0.717, 1.165) is 30.9 Å². The number of thiocarbonyl (C=S) groups is 1. The van der Waals surface area contributed by atoms with Gasteiger partial charge in [-0.3, -0.25) is 14.5 Å². The van der Waals surface area contributed by atoms with Crippen molar-refractivity contribution in [2.45, 2.75) is 52.6 Å². The molecule has 1 heterocycles. The fraction of sp³-hybridized carbons (Fsp3) is 0.409. The highest BCUT2D eigenvalue weighted by Crippen LogP contribution is 2.42. The highest BCUT2D eigenvalue weighted by molar-refractivity contribution is 7.81. The summed E-state index contributed by atoms with van der Waals surface area (Å²) in [4.78, 5) is 26.7. The molecule has 0 radical (unpaired) electrons. The van der Waals surface area contributed by atoms with Crippen LogP contribution in [0.5, 0.6) is 0 Å². The van der Waals surface area contributed by atoms with E-state index in [-0.39, 0.29) is 27.6 Å². The molecule has 1 aromatic carbocycles. The molecule has 0 spiro atoms. The van der Waals surface area contributed by atoms with E-state index in [4.69, 9.17) is 28.6 Å². The summed E-state index contributed by atoms with van der Waals surface area (Å²) in [6.07, 6.45) is 3.05. The molecule has 7 heteroatoms. The van der Waals surface area contributed by atoms with Gasteiger partial charge in [-0.2, -0.15) is 0 Å². The molecule has 0 bridgehead atoms. The standard InChI is InChI=1S/C22H23ClFNO3S/c1-11(2)28-22(27)12(3)20(29)16-9-19(18(24)10-17(16)23)25-13(4)14-7-5-6-8-15(14)21(25)26/h9-12H,4-8H2,1-3H3. The van der Waals surface area contributed by atoms with E-state index in [9.17, 15) is 14.0 Å². The molecule has 1 aromatic rings. The van der Waals surface area contributed by atoms with Crippen molar-refractivity contribution in [2.24, 2.45) is 5.92 Å². The molecule has 0 aromatic heterocycles. The van der Waals surface area contributed by atoms with Gasteiger partial charge in [0.05, 0.1) is 22.7 Å². The third kappa shape index (κ3) is 4.01. The van der Waals surface area contributed by atoms with Gasteiger partial charge >= 0.3 is 5.97 Å². The average Bonchev–Trinajstić information content (AvgIpc) is 2.91. The van der Waals surface area contributed by atoms with Gasteiger partial charge < -0.3 is 4.74 Å². The van der Waals surface area contributed by atoms with Crippen molar-refractivity contribution >= 4 is 46.2 Å². The number of anilines is 1. The molecule has 3 rings (SSSR count). The number of hydrogen-bond donors (Lipinski definition) is 0. The minimum atomic E-state index is -0.743. The van der Waals surface area contributed by atoms with Crippen LogP contribution in [0.1, 0.15) is 52.0 Å². The molecule has 0 fully saturated rings. The van der Waals surface area contributed by atoms with Crippen molar-refractivity contribution in [3.05, 3.63) is 52.0 Å². The zero-order chi connectivity index (χ0) is 21.5. The Morgan fingerprint density at radius 3 is 2.45 bits per heavy atom. The maximum Gasteiger partial charge on any atom is 0.314 e. The second-order valence-electron chi connectivity index (χ2n) is 7.61. The summed E-state index contributed by atoms with van der Waals surface area (Å²) in [7, 11) is 0. The monoisotopic (exact) mass is 435 g/mol. The normalized spacial score (nSPS) is 17.7. The number of carbonyl (C=O) groups excluding carboxylic acids is 2. The molecular formula is C22H23ClFNO3S. The first kappa shape index (κ1) is 21.7. The number of rotatable bonds is 5. The van der Waals surface area contributed by atoms with Gasteiger partial charge in [0.1, 0.15) is 5.82 Å². The molecule has 154 valence electrons. The van der Waals surface area contributed by atoms with E-state index in [1.165, 1.54) is 11.0 Å². The van der Waals surface area contributed by atoms with Gasteiger partial charge in [-0.1, -0.05) is 30.4 Å². The van der Waals surface area contributed by atoms with E-state index < -0.39 is 17.7 Å². The predicted octanol–water partition coefficient (Wildman–Crippen LogP) is 5.52. The Morgan fingerprint density at radius 1 is 1.24 bits per heavy atom. The summed E-state index contributed by atoms with van der Waals surface area (Å²) < 4.78 is 20.0. The van der Waals surface area contributed by atoms with Crippen LogP contribution in [-0.4, -0.2) is 22.8 Å². The summed E-state index contributed by atoms with van der Waals surface area (Å²) in [5.74, 6) is -2.12. The van der Waals surface area contributed by atoms with Crippen molar-refractivity contribution in [3.63, 3.8) is 0 Å². The molecule has 0 saturated carbocycles. The molecule has 4 nitrogen and oxygen atoms in total. The Morgan fingerprint density at radius 2 is 1.86 bits per heavy atom. The van der Waals surface area contributed by atoms with E-state index in [0.29, 0.717) is 23.3 Å². The van der Waals surface area contributed by atoms with Crippen LogP contribution < -0.4 is 4.90 Å². The minimum absolute atomic E-state index is 0.0422. The maximum atomic E-state index is 14.8. The van der Waals surface area contributed by atoms with Crippen LogP contribution in [0, 0.1) is 11.7 Å². The van der Waals surface area contributed by atoms with Gasteiger partial charge in [0.2, 0.25) is 0 Å². The van der Waals surface area contributed by atoms with Crippen molar-refractivity contribution in [1.29, 1.82) is 0 Å². The first-order chi connectivity index (χ1) is 13.6. The lowest BCUT2D eigenvalue weighted by Crippen LogP contribution is -2.28. The zero-order valence-corrected chi connectivity index (χ0v) is 18.3. The lowest BCUT2D eigenvalue weighted by atomic mass is 9.93. The molecule has 1 aliphatic heterocycles. The van der Waals surface area contributed by atoms with Gasteiger partial charge in [0.25, 0.3) is 5.91 Å². The molecular weight excluding hydrogens is 413 g/mol. The molecule has 29 heavy (non-hydrogen) atoms. The summed E-state index contributed by atoms with van der Waals surface area (Å²) in [6.45, 7) is 9.13. The Bertz CT molecular complexity index is 926. The van der Waals surface area contributed by atoms with Gasteiger partial charge in [0.15, 0.2) is 0 Å². The highest BCUT2D eigenvalue weighted by atomic mass is 35.5. The van der Waals surface area contributed by atoms with Crippen LogP contribution in [0.4, 0.5) is 10.1 Å². The molecule has 1 atom stereocenters. The van der Waals surface area contributed by atoms with Gasteiger partial charge in [-0.25, -0.2) is 4.39 Å².